The number of likely N-dealkylation sites (N-methyl/N-ethyl adjacent to an activating group) is 1. The fourth-order valence-electron chi connectivity index (χ4n) is 4.58. The van der Waals surface area contributed by atoms with Crippen LogP contribution in [0.3, 0.4) is 0 Å². The highest BCUT2D eigenvalue weighted by Crippen LogP contribution is 2.33. The van der Waals surface area contributed by atoms with Crippen LogP contribution in [0, 0.1) is 0 Å². The summed E-state index contributed by atoms with van der Waals surface area (Å²) in [5.41, 5.74) is 2.52. The van der Waals surface area contributed by atoms with Gasteiger partial charge in [-0.2, -0.15) is 4.98 Å². The molecule has 5 rings (SSSR count). The predicted octanol–water partition coefficient (Wildman–Crippen LogP) is 4.82. The van der Waals surface area contributed by atoms with Crippen molar-refractivity contribution in [1.82, 2.24) is 19.4 Å². The van der Waals surface area contributed by atoms with Gasteiger partial charge in [0.25, 0.3) is 0 Å². The average molecular weight is 567 g/mol. The second-order valence-corrected chi connectivity index (χ2v) is 10.1. The number of benzene rings is 2. The summed E-state index contributed by atoms with van der Waals surface area (Å²) in [6.45, 7) is 5.83. The molecule has 0 unspecified atom stereocenters. The maximum Gasteiger partial charge on any atom is 0.325 e. The molecule has 1 aliphatic heterocycles. The van der Waals surface area contributed by atoms with E-state index in [9.17, 15) is 9.59 Å². The normalized spacial score (nSPS) is 14.0. The first kappa shape index (κ1) is 26.9. The fraction of sp³-hybridized carbons (Fsp3) is 0.286. The van der Waals surface area contributed by atoms with Crippen LogP contribution in [0.5, 0.6) is 0 Å². The molecule has 2 aromatic carbocycles. The summed E-state index contributed by atoms with van der Waals surface area (Å²) in [4.78, 5) is 39.6. The van der Waals surface area contributed by atoms with Crippen molar-refractivity contribution in [3.8, 4) is 11.1 Å². The van der Waals surface area contributed by atoms with Gasteiger partial charge in [0.05, 0.1) is 22.0 Å². The number of pyridine rings is 1. The number of halogens is 2. The topological polar surface area (TPSA) is 92.6 Å². The molecule has 0 spiro atoms. The van der Waals surface area contributed by atoms with Gasteiger partial charge < -0.3 is 24.4 Å². The third-order valence-electron chi connectivity index (χ3n) is 6.64. The fourth-order valence-corrected chi connectivity index (χ4v) is 5.18. The van der Waals surface area contributed by atoms with Crippen LogP contribution >= 0.6 is 23.2 Å². The third kappa shape index (κ3) is 5.85. The van der Waals surface area contributed by atoms with E-state index in [-0.39, 0.29) is 41.1 Å². The summed E-state index contributed by atoms with van der Waals surface area (Å²) in [7, 11) is 2.13. The highest BCUT2D eigenvalue weighted by atomic mass is 35.5. The highest BCUT2D eigenvalue weighted by Gasteiger charge is 2.19. The molecular weight excluding hydrogens is 539 g/mol. The molecule has 1 N–H and O–H groups in total. The molecule has 0 bridgehead atoms. The van der Waals surface area contributed by atoms with Gasteiger partial charge in [0.1, 0.15) is 12.2 Å². The Labute approximate surface area is 235 Å². The lowest BCUT2D eigenvalue weighted by Gasteiger charge is -2.34. The number of carbonyl (C=O) groups is 1. The first-order valence-corrected chi connectivity index (χ1v) is 13.4. The van der Waals surface area contributed by atoms with E-state index in [1.165, 1.54) is 12.4 Å². The Kier molecular flexibility index (Phi) is 8.02. The van der Waals surface area contributed by atoms with Crippen LogP contribution in [-0.4, -0.2) is 65.2 Å². The van der Waals surface area contributed by atoms with Crippen LogP contribution in [0.25, 0.3) is 22.2 Å². The van der Waals surface area contributed by atoms with Gasteiger partial charge in [0.2, 0.25) is 11.4 Å². The molecule has 202 valence electrons. The monoisotopic (exact) mass is 566 g/mol. The first-order valence-electron chi connectivity index (χ1n) is 12.6. The van der Waals surface area contributed by atoms with E-state index >= 15 is 0 Å². The van der Waals surface area contributed by atoms with Crippen molar-refractivity contribution in [3.63, 3.8) is 0 Å². The predicted molar refractivity (Wildman–Crippen MR) is 155 cm³/mol. The van der Waals surface area contributed by atoms with Crippen LogP contribution in [0.15, 0.2) is 59.7 Å². The molecule has 3 heterocycles. The number of rotatable bonds is 7. The number of nitrogens with one attached hydrogen (secondary N) is 1. The van der Waals surface area contributed by atoms with E-state index in [0.717, 1.165) is 37.6 Å². The minimum atomic E-state index is -0.466. The van der Waals surface area contributed by atoms with Gasteiger partial charge in [0.15, 0.2) is 0 Å². The van der Waals surface area contributed by atoms with Crippen molar-refractivity contribution < 1.29 is 9.53 Å². The first-order chi connectivity index (χ1) is 18.8. The van der Waals surface area contributed by atoms with Crippen LogP contribution in [0.1, 0.15) is 6.92 Å². The van der Waals surface area contributed by atoms with E-state index in [1.54, 1.807) is 29.7 Å². The number of nitrogens with zero attached hydrogens (tertiary/aromatic N) is 5. The molecule has 0 saturated carbocycles. The molecule has 0 atom stereocenters. The number of hydrogen-bond acceptors (Lipinski definition) is 8. The molecule has 0 amide bonds. The van der Waals surface area contributed by atoms with Crippen molar-refractivity contribution in [1.29, 1.82) is 0 Å². The van der Waals surface area contributed by atoms with Crippen LogP contribution < -0.4 is 15.6 Å². The van der Waals surface area contributed by atoms with Gasteiger partial charge in [-0.1, -0.05) is 29.3 Å². The number of carbonyl (C=O) groups excluding carboxylic acids is 1. The maximum absolute atomic E-state index is 13.5. The lowest BCUT2D eigenvalue weighted by atomic mass is 10.1. The van der Waals surface area contributed by atoms with Gasteiger partial charge >= 0.3 is 5.97 Å². The lowest BCUT2D eigenvalue weighted by molar-refractivity contribution is -0.143. The van der Waals surface area contributed by atoms with Gasteiger partial charge in [-0.3, -0.25) is 9.59 Å². The smallest absolute Gasteiger partial charge is 0.325 e. The van der Waals surface area contributed by atoms with Gasteiger partial charge in [-0.15, -0.1) is 0 Å². The van der Waals surface area contributed by atoms with E-state index in [2.05, 4.69) is 44.3 Å². The number of anilines is 3. The van der Waals surface area contributed by atoms with E-state index in [4.69, 9.17) is 27.9 Å². The molecule has 39 heavy (non-hydrogen) atoms. The van der Waals surface area contributed by atoms with Crippen molar-refractivity contribution in [3.05, 3.63) is 75.1 Å². The molecule has 1 fully saturated rings. The molecule has 0 radical (unpaired) electrons. The Bertz CT molecular complexity index is 1550. The Morgan fingerprint density at radius 2 is 1.74 bits per heavy atom. The molecule has 9 nitrogen and oxygen atoms in total. The Morgan fingerprint density at radius 3 is 2.41 bits per heavy atom. The molecule has 11 heteroatoms. The second-order valence-electron chi connectivity index (χ2n) is 9.29. The molecule has 1 saturated heterocycles. The number of aromatic nitrogens is 3. The van der Waals surface area contributed by atoms with E-state index in [0.29, 0.717) is 15.6 Å². The zero-order chi connectivity index (χ0) is 27.5. The summed E-state index contributed by atoms with van der Waals surface area (Å²) in [6, 6.07) is 13.1. The summed E-state index contributed by atoms with van der Waals surface area (Å²) in [5, 5.41) is 4.07. The van der Waals surface area contributed by atoms with Crippen molar-refractivity contribution in [2.24, 2.45) is 0 Å². The van der Waals surface area contributed by atoms with Crippen LogP contribution in [0.4, 0.5) is 17.3 Å². The third-order valence-corrected chi connectivity index (χ3v) is 7.27. The van der Waals surface area contributed by atoms with Gasteiger partial charge in [-0.25, -0.2) is 4.98 Å². The van der Waals surface area contributed by atoms with Crippen LogP contribution in [-0.2, 0) is 16.1 Å². The maximum atomic E-state index is 13.5. The highest BCUT2D eigenvalue weighted by molar-refractivity contribution is 6.39. The average Bonchev–Trinajstić information content (AvgIpc) is 2.92. The van der Waals surface area contributed by atoms with Gasteiger partial charge in [-0.05, 0) is 50.4 Å². The zero-order valence-corrected chi connectivity index (χ0v) is 23.2. The summed E-state index contributed by atoms with van der Waals surface area (Å²) < 4.78 is 6.72. The lowest BCUT2D eigenvalue weighted by Crippen LogP contribution is -2.44. The minimum absolute atomic E-state index is 0.157. The van der Waals surface area contributed by atoms with Crippen molar-refractivity contribution in [2.45, 2.75) is 13.5 Å². The largest absolute Gasteiger partial charge is 0.465 e. The van der Waals surface area contributed by atoms with E-state index < -0.39 is 5.97 Å². The standard InChI is InChI=1S/C28H28Cl2N6O3/c1-3-39-24(37)17-36-16-21(25-22(29)5-4-6-23(25)30)26(38)20-15-31-28(33-27(20)36)32-18-7-9-19(10-8-18)35-13-11-34(2)12-14-35/h4-10,15-16H,3,11-14,17H2,1-2H3,(H,31,32,33). The van der Waals surface area contributed by atoms with E-state index in [1.807, 2.05) is 12.1 Å². The summed E-state index contributed by atoms with van der Waals surface area (Å²) >= 11 is 12.8. The Balaban J connectivity index is 1.50. The summed E-state index contributed by atoms with van der Waals surface area (Å²) in [6.07, 6.45) is 2.98. The quantitative estimate of drug-likeness (QED) is 0.318. The molecule has 0 aliphatic carbocycles. The summed E-state index contributed by atoms with van der Waals surface area (Å²) in [5.74, 6) is -0.179. The number of hydrogen-bond donors (Lipinski definition) is 1. The number of esters is 1. The number of ether oxygens (including phenoxy) is 1. The molecule has 1 aliphatic rings. The number of piperazine rings is 1. The van der Waals surface area contributed by atoms with Gasteiger partial charge in [0, 0.05) is 61.1 Å². The molecule has 4 aromatic rings. The zero-order valence-electron chi connectivity index (χ0n) is 21.7. The second kappa shape index (κ2) is 11.6. The minimum Gasteiger partial charge on any atom is -0.465 e. The Hall–Kier alpha value is -3.66. The number of fused-ring (bicyclic) bond motifs is 1. The SMILES string of the molecule is CCOC(=O)Cn1cc(-c2c(Cl)cccc2Cl)c(=O)c2cnc(Nc3ccc(N4CCN(C)CC4)cc3)nc21. The van der Waals surface area contributed by atoms with Crippen molar-refractivity contribution >= 4 is 57.5 Å². The molecule has 2 aromatic heterocycles. The Morgan fingerprint density at radius 1 is 1.05 bits per heavy atom. The molecular formula is C28H28Cl2N6O3. The van der Waals surface area contributed by atoms with Crippen molar-refractivity contribution in [2.75, 3.05) is 50.1 Å². The van der Waals surface area contributed by atoms with Crippen LogP contribution in [0.2, 0.25) is 10.0 Å².